The first-order chi connectivity index (χ1) is 18.4. The first-order valence-corrected chi connectivity index (χ1v) is 13.7. The van der Waals surface area contributed by atoms with Crippen LogP contribution >= 0.6 is 11.3 Å². The number of benzene rings is 2. The highest BCUT2D eigenvalue weighted by molar-refractivity contribution is 7.10. The Hall–Kier alpha value is -3.58. The third-order valence-corrected chi connectivity index (χ3v) is 10.3. The van der Waals surface area contributed by atoms with Crippen molar-refractivity contribution < 1.29 is 23.8 Å². The van der Waals surface area contributed by atoms with Crippen molar-refractivity contribution in [3.05, 3.63) is 88.1 Å². The largest absolute Gasteiger partial charge is 0.497 e. The molecule has 1 saturated heterocycles. The molecular formula is C31H31NO5S. The molecule has 1 aliphatic heterocycles. The van der Waals surface area contributed by atoms with Gasteiger partial charge in [-0.3, -0.25) is 9.59 Å². The highest BCUT2D eigenvalue weighted by atomic mass is 32.1. The minimum atomic E-state index is -0.836. The van der Waals surface area contributed by atoms with Gasteiger partial charge in [0.25, 0.3) is 5.91 Å². The van der Waals surface area contributed by atoms with Gasteiger partial charge in [0, 0.05) is 46.4 Å². The summed E-state index contributed by atoms with van der Waals surface area (Å²) in [5.41, 5.74) is 2.15. The van der Waals surface area contributed by atoms with Gasteiger partial charge < -0.3 is 19.1 Å². The fraction of sp³-hybridized carbons (Fsp3) is 0.355. The summed E-state index contributed by atoms with van der Waals surface area (Å²) in [6, 6.07) is 17.8. The zero-order valence-corrected chi connectivity index (χ0v) is 22.7. The van der Waals surface area contributed by atoms with E-state index in [9.17, 15) is 9.59 Å². The number of methoxy groups -OCH3 is 3. The van der Waals surface area contributed by atoms with E-state index < -0.39 is 10.8 Å². The van der Waals surface area contributed by atoms with Gasteiger partial charge in [0.05, 0.1) is 26.7 Å². The number of para-hydroxylation sites is 1. The van der Waals surface area contributed by atoms with E-state index in [4.69, 9.17) is 14.2 Å². The van der Waals surface area contributed by atoms with E-state index in [1.165, 1.54) is 17.6 Å². The maximum Gasteiger partial charge on any atom is 0.314 e. The second-order valence-corrected chi connectivity index (χ2v) is 11.4. The van der Waals surface area contributed by atoms with Crippen LogP contribution < -0.4 is 9.47 Å². The zero-order valence-electron chi connectivity index (χ0n) is 21.9. The van der Waals surface area contributed by atoms with Crippen LogP contribution in [0.4, 0.5) is 0 Å². The molecule has 7 rings (SSSR count). The van der Waals surface area contributed by atoms with Crippen LogP contribution in [0.2, 0.25) is 0 Å². The number of amides is 1. The maximum atomic E-state index is 14.0. The molecule has 0 spiro atoms. The number of carbonyl (C=O) groups is 2. The number of carbonyl (C=O) groups excluding carboxylic acids is 2. The molecule has 4 aliphatic rings. The van der Waals surface area contributed by atoms with E-state index in [0.717, 1.165) is 24.2 Å². The number of hydrogen-bond donors (Lipinski definition) is 0. The van der Waals surface area contributed by atoms with Crippen molar-refractivity contribution in [3.63, 3.8) is 0 Å². The number of rotatable bonds is 6. The number of hydrogen-bond acceptors (Lipinski definition) is 6. The molecule has 2 heterocycles. The minimum absolute atomic E-state index is 0.00125. The Kier molecular flexibility index (Phi) is 5.87. The van der Waals surface area contributed by atoms with E-state index in [2.05, 4.69) is 30.2 Å². The lowest BCUT2D eigenvalue weighted by Crippen LogP contribution is -2.60. The predicted molar refractivity (Wildman–Crippen MR) is 147 cm³/mol. The van der Waals surface area contributed by atoms with Crippen molar-refractivity contribution in [1.29, 1.82) is 0 Å². The number of fused-ring (bicyclic) bond motifs is 1. The van der Waals surface area contributed by atoms with Gasteiger partial charge >= 0.3 is 5.97 Å². The van der Waals surface area contributed by atoms with E-state index in [-0.39, 0.29) is 23.7 Å². The van der Waals surface area contributed by atoms with Crippen LogP contribution in [-0.2, 0) is 19.7 Å². The molecule has 7 heteroatoms. The lowest BCUT2D eigenvalue weighted by Gasteiger charge is -2.58. The predicted octanol–water partition coefficient (Wildman–Crippen LogP) is 5.27. The molecular weight excluding hydrogens is 498 g/mol. The first-order valence-electron chi connectivity index (χ1n) is 12.8. The van der Waals surface area contributed by atoms with E-state index in [1.54, 1.807) is 25.6 Å². The molecule has 2 bridgehead atoms. The van der Waals surface area contributed by atoms with Crippen molar-refractivity contribution in [2.45, 2.75) is 24.2 Å². The smallest absolute Gasteiger partial charge is 0.314 e. The zero-order chi connectivity index (χ0) is 26.7. The average molecular weight is 530 g/mol. The molecule has 196 valence electrons. The summed E-state index contributed by atoms with van der Waals surface area (Å²) in [6.45, 7) is 4.91. The number of esters is 1. The van der Waals surface area contributed by atoms with Gasteiger partial charge in [-0.2, -0.15) is 0 Å². The number of thiophene rings is 1. The van der Waals surface area contributed by atoms with Gasteiger partial charge in [-0.1, -0.05) is 36.9 Å². The van der Waals surface area contributed by atoms with Crippen LogP contribution in [0.25, 0.3) is 5.57 Å². The van der Waals surface area contributed by atoms with E-state index in [0.29, 0.717) is 30.0 Å². The average Bonchev–Trinajstić information content (AvgIpc) is 3.64. The highest BCUT2D eigenvalue weighted by Crippen LogP contribution is 2.70. The molecule has 1 unspecified atom stereocenters. The third kappa shape index (κ3) is 3.17. The Morgan fingerprint density at radius 1 is 1.03 bits per heavy atom. The molecule has 4 atom stereocenters. The van der Waals surface area contributed by atoms with Crippen LogP contribution in [0.5, 0.6) is 11.5 Å². The fourth-order valence-electron chi connectivity index (χ4n) is 7.55. The normalized spacial score (nSPS) is 26.9. The van der Waals surface area contributed by atoms with Crippen molar-refractivity contribution in [1.82, 2.24) is 4.90 Å². The summed E-state index contributed by atoms with van der Waals surface area (Å²) >= 11 is 1.76. The molecule has 0 radical (unpaired) electrons. The Morgan fingerprint density at radius 2 is 1.79 bits per heavy atom. The van der Waals surface area contributed by atoms with E-state index >= 15 is 0 Å². The third-order valence-electron chi connectivity index (χ3n) is 9.15. The molecule has 2 aromatic carbocycles. The molecule has 1 aromatic heterocycles. The Morgan fingerprint density at radius 3 is 2.50 bits per heavy atom. The van der Waals surface area contributed by atoms with Gasteiger partial charge in [-0.05, 0) is 53.6 Å². The topological polar surface area (TPSA) is 65.1 Å². The molecule has 3 aliphatic carbocycles. The van der Waals surface area contributed by atoms with Gasteiger partial charge in [-0.25, -0.2) is 0 Å². The van der Waals surface area contributed by atoms with Crippen LogP contribution in [0, 0.1) is 11.3 Å². The van der Waals surface area contributed by atoms with E-state index in [1.807, 2.05) is 41.3 Å². The molecule has 2 fully saturated rings. The van der Waals surface area contributed by atoms with Crippen LogP contribution in [0.15, 0.2) is 66.6 Å². The Balaban J connectivity index is 1.48. The lowest BCUT2D eigenvalue weighted by atomic mass is 9.44. The van der Waals surface area contributed by atoms with Gasteiger partial charge in [0.15, 0.2) is 0 Å². The van der Waals surface area contributed by atoms with Gasteiger partial charge in [0.2, 0.25) is 0 Å². The van der Waals surface area contributed by atoms with Gasteiger partial charge in [-0.15, -0.1) is 11.3 Å². The Bertz CT molecular complexity index is 1430. The molecule has 6 nitrogen and oxygen atoms in total. The quantitative estimate of drug-likeness (QED) is 0.321. The molecule has 38 heavy (non-hydrogen) atoms. The fourth-order valence-corrected chi connectivity index (χ4v) is 8.82. The van der Waals surface area contributed by atoms with Crippen molar-refractivity contribution in [2.75, 3.05) is 34.4 Å². The summed E-state index contributed by atoms with van der Waals surface area (Å²) in [7, 11) is 4.71. The highest BCUT2D eigenvalue weighted by Gasteiger charge is 2.71. The van der Waals surface area contributed by atoms with Crippen molar-refractivity contribution >= 4 is 28.8 Å². The van der Waals surface area contributed by atoms with Crippen LogP contribution in [-0.4, -0.2) is 51.2 Å². The minimum Gasteiger partial charge on any atom is -0.497 e. The molecule has 1 saturated carbocycles. The standard InChI is InChI=1S/C31H31NO5S/c1-19(22-7-5-6-8-25(22)36-3)28(33)32-17-26-30(20-9-11-21(35-2)12-10-20)15-13-24(23-14-16-38-27(23)30)31(26,18-32)29(34)37-4/h5-12,14,16,24,26H,1,13,15,17-18H2,2-4H3/t24-,26?,30-,31-/m0/s1. The Labute approximate surface area is 226 Å². The van der Waals surface area contributed by atoms with Crippen molar-refractivity contribution in [3.8, 4) is 11.5 Å². The summed E-state index contributed by atoms with van der Waals surface area (Å²) in [5, 5.41) is 2.14. The second kappa shape index (κ2) is 9.02. The maximum absolute atomic E-state index is 14.0. The van der Waals surface area contributed by atoms with Crippen molar-refractivity contribution in [2.24, 2.45) is 11.3 Å². The lowest BCUT2D eigenvalue weighted by molar-refractivity contribution is -0.161. The second-order valence-electron chi connectivity index (χ2n) is 10.4. The number of nitrogens with zero attached hydrogens (tertiary/aromatic N) is 1. The molecule has 3 aromatic rings. The molecule has 1 amide bonds. The first kappa shape index (κ1) is 24.7. The number of likely N-dealkylation sites (tertiary alicyclic amines) is 1. The summed E-state index contributed by atoms with van der Waals surface area (Å²) in [6.07, 6.45) is 1.77. The van der Waals surface area contributed by atoms with Crippen LogP contribution in [0.1, 0.15) is 40.3 Å². The monoisotopic (exact) mass is 529 g/mol. The number of ether oxygens (including phenoxy) is 3. The summed E-state index contributed by atoms with van der Waals surface area (Å²) < 4.78 is 16.5. The van der Waals surface area contributed by atoms with Crippen LogP contribution in [0.3, 0.4) is 0 Å². The SMILES string of the molecule is C=C(C(=O)N1CC2[C@@]3(c4ccc(OC)cc4)CC[C@@H](c4ccsc43)[C@@]2(C(=O)OC)C1)c1ccccc1OC. The van der Waals surface area contributed by atoms with Gasteiger partial charge in [0.1, 0.15) is 11.5 Å². The summed E-state index contributed by atoms with van der Waals surface area (Å²) in [5.74, 6) is 0.840. The summed E-state index contributed by atoms with van der Waals surface area (Å²) in [4.78, 5) is 31.0. The molecule has 0 N–H and O–H groups in total.